The van der Waals surface area contributed by atoms with E-state index in [0.29, 0.717) is 11.8 Å². The van der Waals surface area contributed by atoms with E-state index in [9.17, 15) is 0 Å². The summed E-state index contributed by atoms with van der Waals surface area (Å²) in [5, 5.41) is 3.38. The molecular formula is C12H17Cl2N. The van der Waals surface area contributed by atoms with E-state index in [1.807, 2.05) is 13.0 Å². The molecule has 0 amide bonds. The van der Waals surface area contributed by atoms with Gasteiger partial charge in [0.15, 0.2) is 0 Å². The van der Waals surface area contributed by atoms with Crippen LogP contribution in [-0.2, 0) is 6.42 Å². The Morgan fingerprint density at radius 3 is 2.27 bits per heavy atom. The molecule has 3 heteroatoms. The van der Waals surface area contributed by atoms with Crippen molar-refractivity contribution < 1.29 is 0 Å². The molecule has 0 spiro atoms. The number of benzene rings is 1. The van der Waals surface area contributed by atoms with Gasteiger partial charge in [-0.3, -0.25) is 0 Å². The van der Waals surface area contributed by atoms with Crippen molar-refractivity contribution in [1.82, 2.24) is 5.32 Å². The maximum atomic E-state index is 5.84. The molecule has 0 aliphatic rings. The van der Waals surface area contributed by atoms with E-state index < -0.39 is 0 Å². The molecule has 0 saturated heterocycles. The lowest BCUT2D eigenvalue weighted by Crippen LogP contribution is -2.46. The first kappa shape index (κ1) is 12.8. The van der Waals surface area contributed by atoms with Crippen molar-refractivity contribution in [2.75, 3.05) is 18.3 Å². The molecule has 0 aliphatic heterocycles. The van der Waals surface area contributed by atoms with Gasteiger partial charge in [-0.05, 0) is 25.5 Å². The van der Waals surface area contributed by atoms with Crippen LogP contribution >= 0.6 is 23.2 Å². The minimum absolute atomic E-state index is 0.155. The van der Waals surface area contributed by atoms with Crippen LogP contribution in [0.25, 0.3) is 0 Å². The second-order valence-electron chi connectivity index (χ2n) is 3.99. The van der Waals surface area contributed by atoms with E-state index >= 15 is 0 Å². The number of rotatable bonds is 6. The first-order valence-electron chi connectivity index (χ1n) is 5.11. The Kier molecular flexibility index (Phi) is 5.44. The normalized spacial score (nSPS) is 11.7. The summed E-state index contributed by atoms with van der Waals surface area (Å²) in [4.78, 5) is 0. The van der Waals surface area contributed by atoms with Crippen molar-refractivity contribution in [1.29, 1.82) is 0 Å². The molecule has 1 aromatic carbocycles. The third-order valence-electron chi connectivity index (χ3n) is 2.40. The topological polar surface area (TPSA) is 12.0 Å². The van der Waals surface area contributed by atoms with Crippen LogP contribution in [0.3, 0.4) is 0 Å². The number of alkyl halides is 2. The third-order valence-corrected chi connectivity index (χ3v) is 3.58. The van der Waals surface area contributed by atoms with E-state index in [4.69, 9.17) is 23.2 Å². The molecule has 0 aliphatic carbocycles. The molecule has 15 heavy (non-hydrogen) atoms. The molecule has 0 unspecified atom stereocenters. The monoisotopic (exact) mass is 245 g/mol. The summed E-state index contributed by atoms with van der Waals surface area (Å²) in [7, 11) is 0. The Bertz CT molecular complexity index is 270. The molecule has 1 nitrogen and oxygen atoms in total. The number of hydrogen-bond donors (Lipinski definition) is 1. The van der Waals surface area contributed by atoms with Crippen molar-refractivity contribution in [3.05, 3.63) is 35.9 Å². The van der Waals surface area contributed by atoms with Crippen molar-refractivity contribution in [2.24, 2.45) is 0 Å². The lowest BCUT2D eigenvalue weighted by Gasteiger charge is -2.26. The van der Waals surface area contributed by atoms with Crippen molar-refractivity contribution in [2.45, 2.75) is 18.9 Å². The van der Waals surface area contributed by atoms with Gasteiger partial charge in [0.1, 0.15) is 0 Å². The second kappa shape index (κ2) is 6.37. The van der Waals surface area contributed by atoms with E-state index in [0.717, 1.165) is 13.0 Å². The van der Waals surface area contributed by atoms with E-state index in [1.165, 1.54) is 5.56 Å². The maximum absolute atomic E-state index is 5.84. The smallest absolute Gasteiger partial charge is 0.0425 e. The first-order valence-corrected chi connectivity index (χ1v) is 6.18. The Labute approximate surface area is 102 Å². The number of hydrogen-bond acceptors (Lipinski definition) is 1. The lowest BCUT2D eigenvalue weighted by atomic mass is 10.1. The van der Waals surface area contributed by atoms with Gasteiger partial charge in [-0.15, -0.1) is 23.2 Å². The highest BCUT2D eigenvalue weighted by Crippen LogP contribution is 2.09. The van der Waals surface area contributed by atoms with E-state index in [1.54, 1.807) is 0 Å². The largest absolute Gasteiger partial charge is 0.309 e. The van der Waals surface area contributed by atoms with Crippen LogP contribution in [0.15, 0.2) is 30.3 Å². The van der Waals surface area contributed by atoms with Crippen LogP contribution in [0.5, 0.6) is 0 Å². The summed E-state index contributed by atoms with van der Waals surface area (Å²) in [6.45, 7) is 2.94. The molecule has 0 bridgehead atoms. The van der Waals surface area contributed by atoms with Gasteiger partial charge in [0.2, 0.25) is 0 Å². The fraction of sp³-hybridized carbons (Fsp3) is 0.500. The summed E-state index contributed by atoms with van der Waals surface area (Å²) >= 11 is 11.7. The average Bonchev–Trinajstić information content (AvgIpc) is 2.30. The quantitative estimate of drug-likeness (QED) is 0.761. The fourth-order valence-corrected chi connectivity index (χ4v) is 1.76. The average molecular weight is 246 g/mol. The molecule has 1 aromatic rings. The van der Waals surface area contributed by atoms with Crippen molar-refractivity contribution in [3.63, 3.8) is 0 Å². The summed E-state index contributed by atoms with van der Waals surface area (Å²) in [5.74, 6) is 1.07. The van der Waals surface area contributed by atoms with Crippen LogP contribution in [0.1, 0.15) is 12.5 Å². The van der Waals surface area contributed by atoms with E-state index in [2.05, 4.69) is 29.6 Å². The zero-order valence-electron chi connectivity index (χ0n) is 8.97. The van der Waals surface area contributed by atoms with E-state index in [-0.39, 0.29) is 5.54 Å². The molecule has 84 valence electrons. The Balaban J connectivity index is 2.33. The highest BCUT2D eigenvalue weighted by atomic mass is 35.5. The Morgan fingerprint density at radius 2 is 1.73 bits per heavy atom. The first-order chi connectivity index (χ1) is 7.20. The van der Waals surface area contributed by atoms with Crippen LogP contribution in [0, 0.1) is 0 Å². The zero-order valence-corrected chi connectivity index (χ0v) is 10.5. The molecule has 1 N–H and O–H groups in total. The molecular weight excluding hydrogens is 229 g/mol. The highest BCUT2D eigenvalue weighted by Gasteiger charge is 2.20. The van der Waals surface area contributed by atoms with Crippen molar-refractivity contribution >= 4 is 23.2 Å². The summed E-state index contributed by atoms with van der Waals surface area (Å²) in [5.41, 5.74) is 1.18. The highest BCUT2D eigenvalue weighted by molar-refractivity contribution is 6.22. The van der Waals surface area contributed by atoms with Crippen LogP contribution in [0.4, 0.5) is 0 Å². The SMILES string of the molecule is CC(CCl)(CCl)NCCc1ccccc1. The second-order valence-corrected chi connectivity index (χ2v) is 4.52. The summed E-state index contributed by atoms with van der Waals surface area (Å²) in [6.07, 6.45) is 1.00. The molecule has 0 heterocycles. The van der Waals surface area contributed by atoms with Crippen molar-refractivity contribution in [3.8, 4) is 0 Å². The van der Waals surface area contributed by atoms with Gasteiger partial charge in [-0.25, -0.2) is 0 Å². The van der Waals surface area contributed by atoms with Crippen LogP contribution in [-0.4, -0.2) is 23.8 Å². The van der Waals surface area contributed by atoms with Gasteiger partial charge in [-0.1, -0.05) is 30.3 Å². The standard InChI is InChI=1S/C12H17Cl2N/c1-12(9-13,10-14)15-8-7-11-5-3-2-4-6-11/h2-6,15H,7-10H2,1H3. The molecule has 0 aromatic heterocycles. The van der Waals surface area contributed by atoms with Gasteiger partial charge >= 0.3 is 0 Å². The minimum atomic E-state index is -0.155. The minimum Gasteiger partial charge on any atom is -0.309 e. The molecule has 1 rings (SSSR count). The molecule has 0 saturated carbocycles. The summed E-state index contributed by atoms with van der Waals surface area (Å²) in [6, 6.07) is 10.4. The van der Waals surface area contributed by atoms with Gasteiger partial charge in [0, 0.05) is 17.3 Å². The predicted molar refractivity (Wildman–Crippen MR) is 68.0 cm³/mol. The fourth-order valence-electron chi connectivity index (χ4n) is 1.28. The molecule has 0 radical (unpaired) electrons. The molecule has 0 atom stereocenters. The van der Waals surface area contributed by atoms with Crippen LogP contribution in [0.2, 0.25) is 0 Å². The van der Waals surface area contributed by atoms with Crippen LogP contribution < -0.4 is 5.32 Å². The Morgan fingerprint density at radius 1 is 1.13 bits per heavy atom. The third kappa shape index (κ3) is 4.42. The maximum Gasteiger partial charge on any atom is 0.0425 e. The lowest BCUT2D eigenvalue weighted by molar-refractivity contribution is 0.440. The van der Waals surface area contributed by atoms with Gasteiger partial charge < -0.3 is 5.32 Å². The predicted octanol–water partition coefficient (Wildman–Crippen LogP) is 3.06. The summed E-state index contributed by atoms with van der Waals surface area (Å²) < 4.78 is 0. The number of nitrogens with one attached hydrogen (secondary N) is 1. The molecule has 0 fully saturated rings. The van der Waals surface area contributed by atoms with Gasteiger partial charge in [0.05, 0.1) is 0 Å². The zero-order chi connectivity index (χ0) is 11.1. The Hall–Kier alpha value is -0.240. The van der Waals surface area contributed by atoms with Gasteiger partial charge in [0.25, 0.3) is 0 Å². The number of halogens is 2. The van der Waals surface area contributed by atoms with Gasteiger partial charge in [-0.2, -0.15) is 0 Å².